The standard InChI is InChI=1S/C15H22N2O5S/c1-10-8-17(9-11(2)22-10)15(18)12-5-6-13(21-4)14(7-12)23(19,20)16-3/h5-7,10-11,16H,8-9H2,1-4H3. The van der Waals surface area contributed by atoms with E-state index in [1.54, 1.807) is 11.0 Å². The Kier molecular flexibility index (Phi) is 5.28. The maximum absolute atomic E-state index is 12.7. The van der Waals surface area contributed by atoms with Crippen LogP contribution in [0.15, 0.2) is 23.1 Å². The molecule has 1 amide bonds. The van der Waals surface area contributed by atoms with Crippen LogP contribution in [-0.4, -0.2) is 58.7 Å². The van der Waals surface area contributed by atoms with Crippen molar-refractivity contribution < 1.29 is 22.7 Å². The average Bonchev–Trinajstić information content (AvgIpc) is 2.52. The first-order valence-electron chi connectivity index (χ1n) is 7.34. The molecule has 2 unspecified atom stereocenters. The highest BCUT2D eigenvalue weighted by Gasteiger charge is 2.28. The SMILES string of the molecule is CNS(=O)(=O)c1cc(C(=O)N2CC(C)OC(C)C2)ccc1OC. The lowest BCUT2D eigenvalue weighted by molar-refractivity contribution is -0.0586. The highest BCUT2D eigenvalue weighted by Crippen LogP contribution is 2.26. The summed E-state index contributed by atoms with van der Waals surface area (Å²) < 4.78 is 37.1. The lowest BCUT2D eigenvalue weighted by Gasteiger charge is -2.35. The van der Waals surface area contributed by atoms with Crippen molar-refractivity contribution in [2.75, 3.05) is 27.2 Å². The number of morpholine rings is 1. The van der Waals surface area contributed by atoms with Gasteiger partial charge in [0.25, 0.3) is 5.91 Å². The Labute approximate surface area is 136 Å². The largest absolute Gasteiger partial charge is 0.495 e. The molecule has 1 fully saturated rings. The van der Waals surface area contributed by atoms with E-state index in [0.717, 1.165) is 0 Å². The van der Waals surface area contributed by atoms with Gasteiger partial charge in [0.15, 0.2) is 0 Å². The maximum atomic E-state index is 12.7. The van der Waals surface area contributed by atoms with Crippen LogP contribution in [0.3, 0.4) is 0 Å². The molecule has 1 aromatic carbocycles. The van der Waals surface area contributed by atoms with Crippen molar-refractivity contribution in [3.63, 3.8) is 0 Å². The Bertz CT molecular complexity index is 679. The third kappa shape index (κ3) is 3.82. The quantitative estimate of drug-likeness (QED) is 0.877. The molecule has 0 aliphatic carbocycles. The number of sulfonamides is 1. The van der Waals surface area contributed by atoms with Crippen LogP contribution >= 0.6 is 0 Å². The van der Waals surface area contributed by atoms with Crippen molar-refractivity contribution in [2.45, 2.75) is 31.0 Å². The molecule has 0 spiro atoms. The van der Waals surface area contributed by atoms with Gasteiger partial charge in [-0.2, -0.15) is 0 Å². The Hall–Kier alpha value is -1.64. The molecule has 7 nitrogen and oxygen atoms in total. The number of nitrogens with one attached hydrogen (secondary N) is 1. The summed E-state index contributed by atoms with van der Waals surface area (Å²) in [6.45, 7) is 4.76. The summed E-state index contributed by atoms with van der Waals surface area (Å²) in [5.41, 5.74) is 0.306. The number of hydrogen-bond acceptors (Lipinski definition) is 5. The van der Waals surface area contributed by atoms with Crippen LogP contribution in [0.4, 0.5) is 0 Å². The van der Waals surface area contributed by atoms with E-state index in [2.05, 4.69) is 4.72 Å². The molecule has 23 heavy (non-hydrogen) atoms. The fourth-order valence-electron chi connectivity index (χ4n) is 2.66. The van der Waals surface area contributed by atoms with Gasteiger partial charge in [-0.05, 0) is 39.1 Å². The molecule has 8 heteroatoms. The van der Waals surface area contributed by atoms with Crippen LogP contribution in [-0.2, 0) is 14.8 Å². The summed E-state index contributed by atoms with van der Waals surface area (Å²) in [4.78, 5) is 14.3. The number of ether oxygens (including phenoxy) is 2. The van der Waals surface area contributed by atoms with E-state index >= 15 is 0 Å². The molecule has 2 atom stereocenters. The van der Waals surface area contributed by atoms with Crippen LogP contribution in [0.2, 0.25) is 0 Å². The topological polar surface area (TPSA) is 84.9 Å². The lowest BCUT2D eigenvalue weighted by Crippen LogP contribution is -2.48. The van der Waals surface area contributed by atoms with E-state index in [1.165, 1.54) is 26.3 Å². The summed E-state index contributed by atoms with van der Waals surface area (Å²) in [7, 11) is -1.02. The van der Waals surface area contributed by atoms with E-state index < -0.39 is 10.0 Å². The monoisotopic (exact) mass is 342 g/mol. The molecule has 2 rings (SSSR count). The third-order valence-corrected chi connectivity index (χ3v) is 5.11. The zero-order valence-electron chi connectivity index (χ0n) is 13.7. The highest BCUT2D eigenvalue weighted by molar-refractivity contribution is 7.89. The van der Waals surface area contributed by atoms with E-state index in [1.807, 2.05) is 13.8 Å². The van der Waals surface area contributed by atoms with Gasteiger partial charge in [0.2, 0.25) is 10.0 Å². The Morgan fingerprint density at radius 3 is 2.43 bits per heavy atom. The van der Waals surface area contributed by atoms with Crippen molar-refractivity contribution in [2.24, 2.45) is 0 Å². The predicted molar refractivity (Wildman–Crippen MR) is 85.2 cm³/mol. The van der Waals surface area contributed by atoms with Gasteiger partial charge in [-0.1, -0.05) is 0 Å². The van der Waals surface area contributed by atoms with Crippen molar-refractivity contribution in [1.29, 1.82) is 0 Å². The van der Waals surface area contributed by atoms with Crippen molar-refractivity contribution >= 4 is 15.9 Å². The zero-order valence-corrected chi connectivity index (χ0v) is 14.5. The number of benzene rings is 1. The first kappa shape index (κ1) is 17.7. The van der Waals surface area contributed by atoms with E-state index in [0.29, 0.717) is 18.7 Å². The Morgan fingerprint density at radius 1 is 1.30 bits per heavy atom. The molecule has 1 saturated heterocycles. The van der Waals surface area contributed by atoms with Gasteiger partial charge in [0.1, 0.15) is 10.6 Å². The number of rotatable bonds is 4. The molecule has 1 aromatic rings. The van der Waals surface area contributed by atoms with Crippen molar-refractivity contribution in [3.8, 4) is 5.75 Å². The first-order valence-corrected chi connectivity index (χ1v) is 8.83. The van der Waals surface area contributed by atoms with Crippen molar-refractivity contribution in [3.05, 3.63) is 23.8 Å². The molecule has 0 radical (unpaired) electrons. The van der Waals surface area contributed by atoms with Crippen LogP contribution in [0.1, 0.15) is 24.2 Å². The Morgan fingerprint density at radius 2 is 1.91 bits per heavy atom. The van der Waals surface area contributed by atoms with E-state index in [-0.39, 0.29) is 28.8 Å². The summed E-state index contributed by atoms with van der Waals surface area (Å²) >= 11 is 0. The zero-order chi connectivity index (χ0) is 17.2. The molecule has 1 heterocycles. The Balaban J connectivity index is 2.36. The third-order valence-electron chi connectivity index (χ3n) is 3.68. The van der Waals surface area contributed by atoms with E-state index in [4.69, 9.17) is 9.47 Å². The van der Waals surface area contributed by atoms with Crippen LogP contribution in [0.25, 0.3) is 0 Å². The van der Waals surface area contributed by atoms with Gasteiger partial charge in [-0.25, -0.2) is 13.1 Å². The molecule has 1 aliphatic rings. The van der Waals surface area contributed by atoms with Gasteiger partial charge in [0.05, 0.1) is 19.3 Å². The smallest absolute Gasteiger partial charge is 0.254 e. The predicted octanol–water partition coefficient (Wildman–Crippen LogP) is 0.853. The number of hydrogen-bond donors (Lipinski definition) is 1. The number of carbonyl (C=O) groups is 1. The van der Waals surface area contributed by atoms with Crippen LogP contribution in [0.5, 0.6) is 5.75 Å². The van der Waals surface area contributed by atoms with Crippen molar-refractivity contribution in [1.82, 2.24) is 9.62 Å². The maximum Gasteiger partial charge on any atom is 0.254 e. The van der Waals surface area contributed by atoms with Gasteiger partial charge in [0, 0.05) is 18.7 Å². The molecule has 0 saturated carbocycles. The fourth-order valence-corrected chi connectivity index (χ4v) is 3.57. The molecule has 1 N–H and O–H groups in total. The summed E-state index contributed by atoms with van der Waals surface area (Å²) in [5.74, 6) is -0.0261. The average molecular weight is 342 g/mol. The minimum absolute atomic E-state index is 0.0530. The number of carbonyl (C=O) groups excluding carboxylic acids is 1. The second-order valence-electron chi connectivity index (χ2n) is 5.54. The number of nitrogens with zero attached hydrogens (tertiary/aromatic N) is 1. The first-order chi connectivity index (χ1) is 10.8. The molecule has 1 aliphatic heterocycles. The second kappa shape index (κ2) is 6.86. The molecule has 128 valence electrons. The number of methoxy groups -OCH3 is 1. The minimum atomic E-state index is -3.72. The lowest BCUT2D eigenvalue weighted by atomic mass is 10.1. The highest BCUT2D eigenvalue weighted by atomic mass is 32.2. The van der Waals surface area contributed by atoms with Crippen LogP contribution in [0, 0.1) is 0 Å². The van der Waals surface area contributed by atoms with Gasteiger partial charge < -0.3 is 14.4 Å². The summed E-state index contributed by atoms with van der Waals surface area (Å²) in [5, 5.41) is 0. The number of amides is 1. The van der Waals surface area contributed by atoms with Gasteiger partial charge >= 0.3 is 0 Å². The second-order valence-corrected chi connectivity index (χ2v) is 7.40. The summed E-state index contributed by atoms with van der Waals surface area (Å²) in [6.07, 6.45) is -0.108. The van der Waals surface area contributed by atoms with E-state index in [9.17, 15) is 13.2 Å². The molecule has 0 aromatic heterocycles. The molecule has 0 bridgehead atoms. The molecular formula is C15H22N2O5S. The van der Waals surface area contributed by atoms with Gasteiger partial charge in [-0.3, -0.25) is 4.79 Å². The fraction of sp³-hybridized carbons (Fsp3) is 0.533. The normalized spacial score (nSPS) is 22.0. The minimum Gasteiger partial charge on any atom is -0.495 e. The molecular weight excluding hydrogens is 320 g/mol. The van der Waals surface area contributed by atoms with Crippen LogP contribution < -0.4 is 9.46 Å². The summed E-state index contributed by atoms with van der Waals surface area (Å²) in [6, 6.07) is 4.41. The van der Waals surface area contributed by atoms with Gasteiger partial charge in [-0.15, -0.1) is 0 Å².